The minimum Gasteiger partial charge on any atom is -0.493 e. The lowest BCUT2D eigenvalue weighted by Gasteiger charge is -2.34. The average Bonchev–Trinajstić information content (AvgIpc) is 2.62. The van der Waals surface area contributed by atoms with E-state index in [1.165, 1.54) is 0 Å². The van der Waals surface area contributed by atoms with E-state index in [0.29, 0.717) is 31.3 Å². The third kappa shape index (κ3) is 7.86. The van der Waals surface area contributed by atoms with Crippen LogP contribution in [0.25, 0.3) is 0 Å². The van der Waals surface area contributed by atoms with Crippen molar-refractivity contribution in [2.75, 3.05) is 60.1 Å². The lowest BCUT2D eigenvalue weighted by atomic mass is 10.2. The van der Waals surface area contributed by atoms with Gasteiger partial charge in [0.25, 0.3) is 0 Å². The van der Waals surface area contributed by atoms with Crippen molar-refractivity contribution in [2.45, 2.75) is 19.6 Å². The second-order valence-electron chi connectivity index (χ2n) is 6.09. The molecule has 1 atom stereocenters. The summed E-state index contributed by atoms with van der Waals surface area (Å²) in [6.45, 7) is 8.93. The number of hydrogen-bond donors (Lipinski definition) is 1. The van der Waals surface area contributed by atoms with Crippen molar-refractivity contribution in [1.82, 2.24) is 9.80 Å². The van der Waals surface area contributed by atoms with Gasteiger partial charge in [0, 0.05) is 32.7 Å². The number of ether oxygens (including phenoxy) is 3. The van der Waals surface area contributed by atoms with Crippen molar-refractivity contribution in [3.63, 3.8) is 0 Å². The van der Waals surface area contributed by atoms with E-state index in [4.69, 9.17) is 14.2 Å². The summed E-state index contributed by atoms with van der Waals surface area (Å²) >= 11 is 0. The summed E-state index contributed by atoms with van der Waals surface area (Å²) in [5, 5.41) is 10.2. The maximum atomic E-state index is 10.2. The predicted octanol–water partition coefficient (Wildman–Crippen LogP) is 2.06. The molecule has 1 saturated heterocycles. The quantitative estimate of drug-likeness (QED) is 0.672. The van der Waals surface area contributed by atoms with Gasteiger partial charge in [0.05, 0.1) is 33.5 Å². The molecule has 1 fully saturated rings. The number of nitrogens with zero attached hydrogens (tertiary/aromatic N) is 2. The van der Waals surface area contributed by atoms with E-state index < -0.39 is 6.10 Å². The molecule has 0 aliphatic carbocycles. The van der Waals surface area contributed by atoms with E-state index in [0.717, 1.165) is 38.3 Å². The number of aliphatic hydroxyl groups excluding tert-OH is 1. The van der Waals surface area contributed by atoms with Crippen LogP contribution in [-0.4, -0.2) is 81.1 Å². The lowest BCUT2D eigenvalue weighted by molar-refractivity contribution is 0.00173. The molecular weight excluding hydrogens is 379 g/mol. The van der Waals surface area contributed by atoms with E-state index in [1.54, 1.807) is 14.2 Å². The molecule has 0 spiro atoms. The fourth-order valence-corrected chi connectivity index (χ4v) is 2.92. The van der Waals surface area contributed by atoms with Crippen LogP contribution < -0.4 is 9.47 Å². The standard InChI is InChI=1S/C18H30N2O4.2ClH/c1-4-19-7-9-20(10-8-19)12-16(21)14-24-13-15-5-6-17(22-2)18(11-15)23-3;;/h5-6,11,16,21H,4,7-10,12-14H2,1-3H3;2*1H. The zero-order valence-electron chi connectivity index (χ0n) is 15.8. The highest BCUT2D eigenvalue weighted by molar-refractivity contribution is 5.85. The van der Waals surface area contributed by atoms with Gasteiger partial charge >= 0.3 is 0 Å². The minimum absolute atomic E-state index is 0. The smallest absolute Gasteiger partial charge is 0.161 e. The van der Waals surface area contributed by atoms with Crippen LogP contribution in [0.1, 0.15) is 12.5 Å². The Bertz CT molecular complexity index is 500. The molecule has 0 bridgehead atoms. The first-order valence-electron chi connectivity index (χ1n) is 8.57. The molecule has 2 rings (SSSR count). The van der Waals surface area contributed by atoms with Crippen molar-refractivity contribution in [3.05, 3.63) is 23.8 Å². The summed E-state index contributed by atoms with van der Waals surface area (Å²) in [6, 6.07) is 5.70. The van der Waals surface area contributed by atoms with E-state index in [2.05, 4.69) is 16.7 Å². The van der Waals surface area contributed by atoms with Crippen molar-refractivity contribution in [2.24, 2.45) is 0 Å². The van der Waals surface area contributed by atoms with Crippen molar-refractivity contribution < 1.29 is 19.3 Å². The molecule has 0 radical (unpaired) electrons. The van der Waals surface area contributed by atoms with Gasteiger partial charge in [0.2, 0.25) is 0 Å². The Morgan fingerprint density at radius 3 is 2.19 bits per heavy atom. The Morgan fingerprint density at radius 2 is 1.62 bits per heavy atom. The maximum Gasteiger partial charge on any atom is 0.161 e. The first-order valence-corrected chi connectivity index (χ1v) is 8.57. The minimum atomic E-state index is -0.460. The number of benzene rings is 1. The third-order valence-corrected chi connectivity index (χ3v) is 4.41. The molecule has 0 amide bonds. The number of halogens is 2. The summed E-state index contributed by atoms with van der Waals surface area (Å²) in [4.78, 5) is 4.73. The van der Waals surface area contributed by atoms with Crippen molar-refractivity contribution >= 4 is 24.8 Å². The second-order valence-corrected chi connectivity index (χ2v) is 6.09. The Morgan fingerprint density at radius 1 is 1.00 bits per heavy atom. The molecular formula is C18H32Cl2N2O4. The predicted molar refractivity (Wildman–Crippen MR) is 108 cm³/mol. The van der Waals surface area contributed by atoms with E-state index in [-0.39, 0.29) is 24.8 Å². The fraction of sp³-hybridized carbons (Fsp3) is 0.667. The van der Waals surface area contributed by atoms with Gasteiger partial charge in [0.1, 0.15) is 0 Å². The first-order chi connectivity index (χ1) is 11.7. The fourth-order valence-electron chi connectivity index (χ4n) is 2.92. The number of methoxy groups -OCH3 is 2. The zero-order chi connectivity index (χ0) is 17.4. The Balaban J connectivity index is 0.00000312. The van der Waals surface area contributed by atoms with Gasteiger partial charge in [-0.2, -0.15) is 0 Å². The topological polar surface area (TPSA) is 54.4 Å². The number of rotatable bonds is 9. The third-order valence-electron chi connectivity index (χ3n) is 4.41. The van der Waals surface area contributed by atoms with Crippen molar-refractivity contribution in [3.8, 4) is 11.5 Å². The van der Waals surface area contributed by atoms with Gasteiger partial charge in [-0.1, -0.05) is 13.0 Å². The maximum absolute atomic E-state index is 10.2. The molecule has 1 aliphatic heterocycles. The molecule has 0 aromatic heterocycles. The lowest BCUT2D eigenvalue weighted by Crippen LogP contribution is -2.48. The molecule has 152 valence electrons. The average molecular weight is 411 g/mol. The molecule has 1 unspecified atom stereocenters. The van der Waals surface area contributed by atoms with Crippen LogP contribution in [0.3, 0.4) is 0 Å². The molecule has 1 N–H and O–H groups in total. The van der Waals surface area contributed by atoms with E-state index >= 15 is 0 Å². The molecule has 6 nitrogen and oxygen atoms in total. The van der Waals surface area contributed by atoms with Gasteiger partial charge in [-0.05, 0) is 24.2 Å². The van der Waals surface area contributed by atoms with Crippen LogP contribution in [0.5, 0.6) is 11.5 Å². The summed E-state index contributed by atoms with van der Waals surface area (Å²) in [6.07, 6.45) is -0.460. The van der Waals surface area contributed by atoms with E-state index in [1.807, 2.05) is 18.2 Å². The highest BCUT2D eigenvalue weighted by Crippen LogP contribution is 2.27. The van der Waals surface area contributed by atoms with Gasteiger partial charge in [-0.3, -0.25) is 4.90 Å². The van der Waals surface area contributed by atoms with Gasteiger partial charge in [0.15, 0.2) is 11.5 Å². The number of piperazine rings is 1. The van der Waals surface area contributed by atoms with Crippen LogP contribution >= 0.6 is 24.8 Å². The highest BCUT2D eigenvalue weighted by Gasteiger charge is 2.18. The number of hydrogen-bond acceptors (Lipinski definition) is 6. The number of aliphatic hydroxyl groups is 1. The SMILES string of the molecule is CCN1CCN(CC(O)COCc2ccc(OC)c(OC)c2)CC1.Cl.Cl. The summed E-state index contributed by atoms with van der Waals surface area (Å²) < 4.78 is 16.2. The summed E-state index contributed by atoms with van der Waals surface area (Å²) in [7, 11) is 3.23. The first kappa shape index (κ1) is 25.2. The Kier molecular flexibility index (Phi) is 13.0. The van der Waals surface area contributed by atoms with E-state index in [9.17, 15) is 5.11 Å². The summed E-state index contributed by atoms with van der Waals surface area (Å²) in [5.41, 5.74) is 0.997. The Labute approximate surface area is 169 Å². The number of β-amino-alcohol motifs (C(OH)–C–C–N with tert-alkyl or cyclic N) is 1. The normalized spacial score (nSPS) is 16.3. The molecule has 1 aromatic rings. The van der Waals surface area contributed by atoms with Crippen LogP contribution in [-0.2, 0) is 11.3 Å². The van der Waals surface area contributed by atoms with Gasteiger partial charge < -0.3 is 24.2 Å². The number of likely N-dealkylation sites (N-methyl/N-ethyl adjacent to an activating group) is 1. The monoisotopic (exact) mass is 410 g/mol. The molecule has 8 heteroatoms. The molecule has 1 aromatic carbocycles. The highest BCUT2D eigenvalue weighted by atomic mass is 35.5. The molecule has 26 heavy (non-hydrogen) atoms. The Hall–Kier alpha value is -0.760. The largest absolute Gasteiger partial charge is 0.493 e. The second kappa shape index (κ2) is 13.4. The van der Waals surface area contributed by atoms with Crippen LogP contribution in [0, 0.1) is 0 Å². The van der Waals surface area contributed by atoms with Gasteiger partial charge in [-0.15, -0.1) is 24.8 Å². The molecule has 1 aliphatic rings. The van der Waals surface area contributed by atoms with Crippen LogP contribution in [0.15, 0.2) is 18.2 Å². The zero-order valence-corrected chi connectivity index (χ0v) is 17.5. The molecule has 0 saturated carbocycles. The van der Waals surface area contributed by atoms with Crippen molar-refractivity contribution in [1.29, 1.82) is 0 Å². The van der Waals surface area contributed by atoms with Crippen LogP contribution in [0.4, 0.5) is 0 Å². The summed E-state index contributed by atoms with van der Waals surface area (Å²) in [5.74, 6) is 1.39. The van der Waals surface area contributed by atoms with Gasteiger partial charge in [-0.25, -0.2) is 0 Å². The molecule has 1 heterocycles. The van der Waals surface area contributed by atoms with Crippen LogP contribution in [0.2, 0.25) is 0 Å².